The van der Waals surface area contributed by atoms with E-state index in [-0.39, 0.29) is 5.82 Å². The molecule has 0 aliphatic heterocycles. The van der Waals surface area contributed by atoms with Crippen molar-refractivity contribution in [2.75, 3.05) is 31.5 Å². The molecule has 1 aromatic rings. The molecule has 4 nitrogen and oxygen atoms in total. The van der Waals surface area contributed by atoms with Gasteiger partial charge in [-0.15, -0.1) is 0 Å². The van der Waals surface area contributed by atoms with Crippen LogP contribution < -0.4 is 5.32 Å². The van der Waals surface area contributed by atoms with Crippen LogP contribution in [0.4, 0.5) is 10.2 Å². The lowest BCUT2D eigenvalue weighted by atomic mass is 10.3. The molecule has 0 atom stereocenters. The van der Waals surface area contributed by atoms with Crippen molar-refractivity contribution in [2.24, 2.45) is 0 Å². The van der Waals surface area contributed by atoms with Gasteiger partial charge in [-0.3, -0.25) is 0 Å². The second-order valence-corrected chi connectivity index (χ2v) is 3.98. The number of hydrogen-bond acceptors (Lipinski definition) is 4. The van der Waals surface area contributed by atoms with Gasteiger partial charge in [0.15, 0.2) is 11.6 Å². The lowest BCUT2D eigenvalue weighted by molar-refractivity contribution is 0.299. The standard InChI is InChI=1S/C12H21FN4/c1-4-7-17(5-2)8-6-14-12-11(13)10(3)15-9-16-12/h9H,4-8H2,1-3H3,(H,14,15,16). The maximum Gasteiger partial charge on any atom is 0.186 e. The second-order valence-electron chi connectivity index (χ2n) is 3.98. The van der Waals surface area contributed by atoms with Gasteiger partial charge >= 0.3 is 0 Å². The Kier molecular flexibility index (Phi) is 5.83. The van der Waals surface area contributed by atoms with E-state index in [0.29, 0.717) is 18.1 Å². The first kappa shape index (κ1) is 13.8. The number of likely N-dealkylation sites (N-methyl/N-ethyl adjacent to an activating group) is 1. The number of halogens is 1. The number of rotatable bonds is 7. The predicted molar refractivity (Wildman–Crippen MR) is 67.6 cm³/mol. The summed E-state index contributed by atoms with van der Waals surface area (Å²) in [5, 5.41) is 3.01. The van der Waals surface area contributed by atoms with Crippen molar-refractivity contribution >= 4 is 5.82 Å². The minimum Gasteiger partial charge on any atom is -0.366 e. The molecule has 0 spiro atoms. The highest BCUT2D eigenvalue weighted by Crippen LogP contribution is 2.10. The quantitative estimate of drug-likeness (QED) is 0.792. The van der Waals surface area contributed by atoms with Crippen LogP contribution in [0.25, 0.3) is 0 Å². The summed E-state index contributed by atoms with van der Waals surface area (Å²) >= 11 is 0. The van der Waals surface area contributed by atoms with Gasteiger partial charge < -0.3 is 10.2 Å². The summed E-state index contributed by atoms with van der Waals surface area (Å²) in [6, 6.07) is 0. The van der Waals surface area contributed by atoms with E-state index in [1.807, 2.05) is 0 Å². The van der Waals surface area contributed by atoms with Gasteiger partial charge in [-0.1, -0.05) is 13.8 Å². The maximum atomic E-state index is 13.6. The molecule has 0 unspecified atom stereocenters. The fourth-order valence-corrected chi connectivity index (χ4v) is 1.66. The number of aromatic nitrogens is 2. The summed E-state index contributed by atoms with van der Waals surface area (Å²) < 4.78 is 13.6. The van der Waals surface area contributed by atoms with Crippen LogP contribution in [0.1, 0.15) is 26.0 Å². The molecular weight excluding hydrogens is 219 g/mol. The minimum atomic E-state index is -0.356. The van der Waals surface area contributed by atoms with Crippen LogP contribution in [0.3, 0.4) is 0 Å². The molecule has 0 aliphatic carbocycles. The Morgan fingerprint density at radius 3 is 2.71 bits per heavy atom. The van der Waals surface area contributed by atoms with Crippen LogP contribution in [-0.2, 0) is 0 Å². The van der Waals surface area contributed by atoms with Crippen LogP contribution in [0.2, 0.25) is 0 Å². The molecule has 0 aliphatic rings. The zero-order valence-electron chi connectivity index (χ0n) is 10.8. The zero-order chi connectivity index (χ0) is 12.7. The summed E-state index contributed by atoms with van der Waals surface area (Å²) in [6.45, 7) is 9.60. The third-order valence-corrected chi connectivity index (χ3v) is 2.67. The van der Waals surface area contributed by atoms with Gasteiger partial charge in [-0.2, -0.15) is 0 Å². The van der Waals surface area contributed by atoms with Crippen LogP contribution in [0.5, 0.6) is 0 Å². The first-order valence-electron chi connectivity index (χ1n) is 6.12. The van der Waals surface area contributed by atoms with E-state index in [9.17, 15) is 4.39 Å². The third-order valence-electron chi connectivity index (χ3n) is 2.67. The van der Waals surface area contributed by atoms with Crippen molar-refractivity contribution in [2.45, 2.75) is 27.2 Å². The number of aryl methyl sites for hydroxylation is 1. The lowest BCUT2D eigenvalue weighted by Crippen LogP contribution is -2.30. The largest absolute Gasteiger partial charge is 0.366 e. The molecule has 17 heavy (non-hydrogen) atoms. The SMILES string of the molecule is CCCN(CC)CCNc1ncnc(C)c1F. The highest BCUT2D eigenvalue weighted by molar-refractivity contribution is 5.36. The number of nitrogens with zero attached hydrogens (tertiary/aromatic N) is 3. The molecule has 96 valence electrons. The Hall–Kier alpha value is -1.23. The van der Waals surface area contributed by atoms with Gasteiger partial charge in [-0.25, -0.2) is 14.4 Å². The third kappa shape index (κ3) is 4.26. The fraction of sp³-hybridized carbons (Fsp3) is 0.667. The number of nitrogens with one attached hydrogen (secondary N) is 1. The lowest BCUT2D eigenvalue weighted by Gasteiger charge is -2.19. The van der Waals surface area contributed by atoms with E-state index in [0.717, 1.165) is 26.1 Å². The average molecular weight is 240 g/mol. The fourth-order valence-electron chi connectivity index (χ4n) is 1.66. The number of hydrogen-bond donors (Lipinski definition) is 1. The molecule has 0 aromatic carbocycles. The molecule has 0 saturated carbocycles. The zero-order valence-corrected chi connectivity index (χ0v) is 10.8. The second kappa shape index (κ2) is 7.17. The smallest absolute Gasteiger partial charge is 0.186 e. The Morgan fingerprint density at radius 1 is 1.29 bits per heavy atom. The van der Waals surface area contributed by atoms with Crippen LogP contribution in [0.15, 0.2) is 6.33 Å². The van der Waals surface area contributed by atoms with Crippen LogP contribution in [-0.4, -0.2) is 41.0 Å². The molecule has 1 aromatic heterocycles. The summed E-state index contributed by atoms with van der Waals surface area (Å²) in [5.41, 5.74) is 0.378. The van der Waals surface area contributed by atoms with Gasteiger partial charge in [0.2, 0.25) is 0 Å². The van der Waals surface area contributed by atoms with E-state index in [1.165, 1.54) is 6.33 Å². The summed E-state index contributed by atoms with van der Waals surface area (Å²) in [4.78, 5) is 10.0. The summed E-state index contributed by atoms with van der Waals surface area (Å²) in [6.07, 6.45) is 2.51. The van der Waals surface area contributed by atoms with E-state index in [2.05, 4.69) is 34.0 Å². The predicted octanol–water partition coefficient (Wildman–Crippen LogP) is 2.07. The Morgan fingerprint density at radius 2 is 2.06 bits per heavy atom. The molecule has 1 heterocycles. The Labute approximate surface area is 102 Å². The summed E-state index contributed by atoms with van der Waals surface area (Å²) in [5.74, 6) is -0.0592. The molecule has 5 heteroatoms. The van der Waals surface area contributed by atoms with Crippen molar-refractivity contribution in [3.63, 3.8) is 0 Å². The molecule has 0 bridgehead atoms. The van der Waals surface area contributed by atoms with Gasteiger partial charge in [0, 0.05) is 13.1 Å². The minimum absolute atomic E-state index is 0.296. The highest BCUT2D eigenvalue weighted by Gasteiger charge is 2.07. The van der Waals surface area contributed by atoms with E-state index >= 15 is 0 Å². The van der Waals surface area contributed by atoms with Gasteiger partial charge in [0.05, 0.1) is 5.69 Å². The van der Waals surface area contributed by atoms with Gasteiger partial charge in [-0.05, 0) is 26.4 Å². The molecule has 0 saturated heterocycles. The first-order valence-corrected chi connectivity index (χ1v) is 6.12. The molecule has 1 rings (SSSR count). The van der Waals surface area contributed by atoms with E-state index in [4.69, 9.17) is 0 Å². The monoisotopic (exact) mass is 240 g/mol. The first-order chi connectivity index (χ1) is 8.19. The van der Waals surface area contributed by atoms with Gasteiger partial charge in [0.1, 0.15) is 6.33 Å². The highest BCUT2D eigenvalue weighted by atomic mass is 19.1. The molecule has 1 N–H and O–H groups in total. The normalized spacial score (nSPS) is 10.9. The van der Waals surface area contributed by atoms with Gasteiger partial charge in [0.25, 0.3) is 0 Å². The molecule has 0 radical (unpaired) electrons. The summed E-state index contributed by atoms with van der Waals surface area (Å²) in [7, 11) is 0. The van der Waals surface area contributed by atoms with Crippen LogP contribution >= 0.6 is 0 Å². The topological polar surface area (TPSA) is 41.0 Å². The molecule has 0 amide bonds. The van der Waals surface area contributed by atoms with E-state index < -0.39 is 0 Å². The van der Waals surface area contributed by atoms with Crippen LogP contribution in [0, 0.1) is 12.7 Å². The molecular formula is C12H21FN4. The maximum absolute atomic E-state index is 13.6. The van der Waals surface area contributed by atoms with Crippen molar-refractivity contribution in [3.8, 4) is 0 Å². The average Bonchev–Trinajstić information content (AvgIpc) is 2.33. The van der Waals surface area contributed by atoms with Crippen molar-refractivity contribution < 1.29 is 4.39 Å². The Balaban J connectivity index is 2.42. The Bertz CT molecular complexity index is 343. The number of anilines is 1. The van der Waals surface area contributed by atoms with Crippen molar-refractivity contribution in [1.29, 1.82) is 0 Å². The van der Waals surface area contributed by atoms with Crippen molar-refractivity contribution in [3.05, 3.63) is 17.8 Å². The van der Waals surface area contributed by atoms with E-state index in [1.54, 1.807) is 6.92 Å². The van der Waals surface area contributed by atoms with Crippen molar-refractivity contribution in [1.82, 2.24) is 14.9 Å². The molecule has 0 fully saturated rings.